The van der Waals surface area contributed by atoms with Gasteiger partial charge in [-0.2, -0.15) is 0 Å². The molecule has 2 aromatic rings. The molecule has 0 spiro atoms. The van der Waals surface area contributed by atoms with Gasteiger partial charge in [-0.15, -0.1) is 0 Å². The standard InChI is InChI=1S/C19H21Cl2N3O/c1-2-23-10-12-24(13-11-23)15-8-6-14(7-9-15)22-19(25)16-4-3-5-17(20)18(16)21/h3-9H,2,10-13H2,1H3,(H,22,25)/p+1. The second kappa shape index (κ2) is 8.09. The van der Waals surface area contributed by atoms with Crippen molar-refractivity contribution in [3.63, 3.8) is 0 Å². The molecule has 1 heterocycles. The molecular weight excluding hydrogens is 357 g/mol. The van der Waals surface area contributed by atoms with Crippen molar-refractivity contribution in [1.82, 2.24) is 0 Å². The van der Waals surface area contributed by atoms with Crippen LogP contribution in [0.1, 0.15) is 17.3 Å². The summed E-state index contributed by atoms with van der Waals surface area (Å²) in [4.78, 5) is 16.4. The van der Waals surface area contributed by atoms with Gasteiger partial charge in [0.1, 0.15) is 0 Å². The van der Waals surface area contributed by atoms with E-state index in [1.165, 1.54) is 25.3 Å². The topological polar surface area (TPSA) is 36.8 Å². The van der Waals surface area contributed by atoms with Crippen LogP contribution in [0.15, 0.2) is 42.5 Å². The summed E-state index contributed by atoms with van der Waals surface area (Å²) in [6, 6.07) is 13.0. The Hall–Kier alpha value is -1.75. The van der Waals surface area contributed by atoms with Crippen molar-refractivity contribution in [2.45, 2.75) is 6.92 Å². The molecular formula is C19H22Cl2N3O+. The molecule has 1 amide bonds. The van der Waals surface area contributed by atoms with E-state index in [0.717, 1.165) is 18.8 Å². The molecule has 0 aliphatic carbocycles. The molecule has 0 radical (unpaired) electrons. The van der Waals surface area contributed by atoms with Crippen LogP contribution in [-0.4, -0.2) is 38.6 Å². The Bertz CT molecular complexity index is 741. The molecule has 0 saturated carbocycles. The lowest BCUT2D eigenvalue weighted by Crippen LogP contribution is -3.14. The third-order valence-electron chi connectivity index (χ3n) is 4.66. The first-order chi connectivity index (χ1) is 12.1. The maximum absolute atomic E-state index is 12.4. The monoisotopic (exact) mass is 378 g/mol. The van der Waals surface area contributed by atoms with Crippen LogP contribution in [-0.2, 0) is 0 Å². The maximum Gasteiger partial charge on any atom is 0.257 e. The van der Waals surface area contributed by atoms with Gasteiger partial charge in [0.05, 0.1) is 48.3 Å². The van der Waals surface area contributed by atoms with E-state index < -0.39 is 0 Å². The third-order valence-corrected chi connectivity index (χ3v) is 5.48. The van der Waals surface area contributed by atoms with Crippen molar-refractivity contribution in [2.75, 3.05) is 42.9 Å². The van der Waals surface area contributed by atoms with Crippen molar-refractivity contribution >= 4 is 40.5 Å². The Balaban J connectivity index is 1.65. The molecule has 1 aliphatic rings. The van der Waals surface area contributed by atoms with Crippen molar-refractivity contribution < 1.29 is 9.69 Å². The van der Waals surface area contributed by atoms with Crippen LogP contribution < -0.4 is 15.1 Å². The van der Waals surface area contributed by atoms with E-state index in [4.69, 9.17) is 23.2 Å². The van der Waals surface area contributed by atoms with Gasteiger partial charge < -0.3 is 15.1 Å². The number of piperazine rings is 1. The van der Waals surface area contributed by atoms with Gasteiger partial charge in [-0.1, -0.05) is 29.3 Å². The smallest absolute Gasteiger partial charge is 0.257 e. The molecule has 0 aromatic heterocycles. The van der Waals surface area contributed by atoms with Gasteiger partial charge in [-0.05, 0) is 43.3 Å². The van der Waals surface area contributed by atoms with E-state index in [9.17, 15) is 4.79 Å². The predicted molar refractivity (Wildman–Crippen MR) is 104 cm³/mol. The van der Waals surface area contributed by atoms with Crippen LogP contribution in [0.25, 0.3) is 0 Å². The van der Waals surface area contributed by atoms with Gasteiger partial charge in [-0.3, -0.25) is 4.79 Å². The molecule has 1 saturated heterocycles. The fraction of sp³-hybridized carbons (Fsp3) is 0.316. The largest absolute Gasteiger partial charge is 0.360 e. The first-order valence-corrected chi connectivity index (χ1v) is 9.28. The van der Waals surface area contributed by atoms with Gasteiger partial charge in [0.15, 0.2) is 0 Å². The number of benzene rings is 2. The predicted octanol–water partition coefficient (Wildman–Crippen LogP) is 2.97. The second-order valence-corrected chi connectivity index (χ2v) is 6.98. The Morgan fingerprint density at radius 1 is 1.12 bits per heavy atom. The minimum atomic E-state index is -0.264. The molecule has 3 rings (SSSR count). The number of amides is 1. The summed E-state index contributed by atoms with van der Waals surface area (Å²) in [5.41, 5.74) is 2.30. The Kier molecular flexibility index (Phi) is 5.84. The molecule has 4 nitrogen and oxygen atoms in total. The minimum Gasteiger partial charge on any atom is -0.360 e. The summed E-state index contributed by atoms with van der Waals surface area (Å²) < 4.78 is 0. The van der Waals surface area contributed by atoms with E-state index in [2.05, 4.69) is 17.1 Å². The van der Waals surface area contributed by atoms with Gasteiger partial charge in [-0.25, -0.2) is 0 Å². The highest BCUT2D eigenvalue weighted by Crippen LogP contribution is 2.26. The summed E-state index contributed by atoms with van der Waals surface area (Å²) in [7, 11) is 0. The van der Waals surface area contributed by atoms with Crippen LogP contribution in [0.4, 0.5) is 11.4 Å². The lowest BCUT2D eigenvalue weighted by atomic mass is 10.2. The maximum atomic E-state index is 12.4. The third kappa shape index (κ3) is 4.27. The molecule has 1 aliphatic heterocycles. The summed E-state index contributed by atoms with van der Waals surface area (Å²) in [6.45, 7) is 7.88. The lowest BCUT2D eigenvalue weighted by molar-refractivity contribution is -0.898. The van der Waals surface area contributed by atoms with E-state index in [-0.39, 0.29) is 10.9 Å². The van der Waals surface area contributed by atoms with Crippen LogP contribution >= 0.6 is 23.2 Å². The highest BCUT2D eigenvalue weighted by atomic mass is 35.5. The average molecular weight is 379 g/mol. The van der Waals surface area contributed by atoms with E-state index in [1.807, 2.05) is 24.3 Å². The number of anilines is 2. The summed E-state index contributed by atoms with van der Waals surface area (Å²) >= 11 is 12.1. The molecule has 0 bridgehead atoms. The Morgan fingerprint density at radius 3 is 2.44 bits per heavy atom. The molecule has 132 valence electrons. The molecule has 2 aromatic carbocycles. The number of nitrogens with zero attached hydrogens (tertiary/aromatic N) is 1. The van der Waals surface area contributed by atoms with E-state index in [0.29, 0.717) is 10.6 Å². The summed E-state index contributed by atoms with van der Waals surface area (Å²) in [5.74, 6) is -0.264. The highest BCUT2D eigenvalue weighted by molar-refractivity contribution is 6.44. The number of halogens is 2. The lowest BCUT2D eigenvalue weighted by Gasteiger charge is -2.33. The zero-order chi connectivity index (χ0) is 17.8. The van der Waals surface area contributed by atoms with Crippen LogP contribution in [0.5, 0.6) is 0 Å². The van der Waals surface area contributed by atoms with Crippen LogP contribution in [0.2, 0.25) is 10.0 Å². The number of quaternary nitrogens is 1. The number of hydrogen-bond acceptors (Lipinski definition) is 2. The molecule has 1 fully saturated rings. The van der Waals surface area contributed by atoms with Gasteiger partial charge in [0.25, 0.3) is 5.91 Å². The average Bonchev–Trinajstić information content (AvgIpc) is 2.64. The second-order valence-electron chi connectivity index (χ2n) is 6.19. The summed E-state index contributed by atoms with van der Waals surface area (Å²) in [5, 5.41) is 3.51. The van der Waals surface area contributed by atoms with Gasteiger partial charge in [0, 0.05) is 11.4 Å². The first-order valence-electron chi connectivity index (χ1n) is 8.52. The number of rotatable bonds is 4. The van der Waals surface area contributed by atoms with Crippen LogP contribution in [0, 0.1) is 0 Å². The fourth-order valence-corrected chi connectivity index (χ4v) is 3.45. The normalized spacial score (nSPS) is 15.2. The van der Waals surface area contributed by atoms with Crippen molar-refractivity contribution in [2.24, 2.45) is 0 Å². The zero-order valence-electron chi connectivity index (χ0n) is 14.2. The molecule has 0 unspecified atom stereocenters. The van der Waals surface area contributed by atoms with Gasteiger partial charge >= 0.3 is 0 Å². The van der Waals surface area contributed by atoms with Crippen molar-refractivity contribution in [3.8, 4) is 0 Å². The van der Waals surface area contributed by atoms with Crippen molar-refractivity contribution in [3.05, 3.63) is 58.1 Å². The molecule has 2 N–H and O–H groups in total. The highest BCUT2D eigenvalue weighted by Gasteiger charge is 2.18. The molecule has 6 heteroatoms. The Morgan fingerprint density at radius 2 is 1.80 bits per heavy atom. The quantitative estimate of drug-likeness (QED) is 0.857. The SMILES string of the molecule is CC[NH+]1CCN(c2ccc(NC(=O)c3cccc(Cl)c3Cl)cc2)CC1. The Labute approximate surface area is 158 Å². The van der Waals surface area contributed by atoms with Crippen molar-refractivity contribution in [1.29, 1.82) is 0 Å². The fourth-order valence-electron chi connectivity index (χ4n) is 3.07. The molecule has 0 atom stereocenters. The van der Waals surface area contributed by atoms with Crippen LogP contribution in [0.3, 0.4) is 0 Å². The number of carbonyl (C=O) groups excluding carboxylic acids is 1. The molecule has 25 heavy (non-hydrogen) atoms. The van der Waals surface area contributed by atoms with E-state index in [1.54, 1.807) is 23.1 Å². The number of nitrogens with one attached hydrogen (secondary N) is 2. The number of likely N-dealkylation sites (N-methyl/N-ethyl adjacent to an activating group) is 1. The van der Waals surface area contributed by atoms with E-state index >= 15 is 0 Å². The number of carbonyl (C=O) groups is 1. The van der Waals surface area contributed by atoms with Gasteiger partial charge in [0.2, 0.25) is 0 Å². The minimum absolute atomic E-state index is 0.264. The summed E-state index contributed by atoms with van der Waals surface area (Å²) in [6.07, 6.45) is 0. The zero-order valence-corrected chi connectivity index (χ0v) is 15.7. The first kappa shape index (κ1) is 18.1. The number of hydrogen-bond donors (Lipinski definition) is 2.